The summed E-state index contributed by atoms with van der Waals surface area (Å²) < 4.78 is 0. The predicted molar refractivity (Wildman–Crippen MR) is 61.2 cm³/mol. The molecule has 1 aromatic rings. The molecule has 1 rings (SSSR count). The summed E-state index contributed by atoms with van der Waals surface area (Å²) in [6.07, 6.45) is 4.58. The average molecular weight is 206 g/mol. The van der Waals surface area contributed by atoms with Gasteiger partial charge in [0.15, 0.2) is 0 Å². The smallest absolute Gasteiger partial charge is 0.244 e. The zero-order chi connectivity index (χ0) is 10.9. The molecule has 0 amide bonds. The fourth-order valence-electron chi connectivity index (χ4n) is 1.34. The number of rotatable bonds is 6. The van der Waals surface area contributed by atoms with Crippen LogP contribution in [0.1, 0.15) is 32.6 Å². The van der Waals surface area contributed by atoms with E-state index in [-0.39, 0.29) is 0 Å². The van der Waals surface area contributed by atoms with Gasteiger partial charge in [-0.1, -0.05) is 49.2 Å². The zero-order valence-electron chi connectivity index (χ0n) is 9.22. The van der Waals surface area contributed by atoms with Crippen LogP contribution in [0.15, 0.2) is 35.4 Å². The SMILES string of the molecule is CCCCCCN=[N+]([O-])c1ccccc1. The van der Waals surface area contributed by atoms with E-state index in [0.717, 1.165) is 12.8 Å². The van der Waals surface area contributed by atoms with Crippen molar-refractivity contribution in [2.45, 2.75) is 32.6 Å². The largest absolute Gasteiger partial charge is 0.594 e. The lowest BCUT2D eigenvalue weighted by Crippen LogP contribution is -1.93. The molecule has 0 aliphatic rings. The van der Waals surface area contributed by atoms with E-state index in [2.05, 4.69) is 12.0 Å². The van der Waals surface area contributed by atoms with Crippen molar-refractivity contribution in [3.05, 3.63) is 35.5 Å². The van der Waals surface area contributed by atoms with Crippen molar-refractivity contribution in [3.63, 3.8) is 0 Å². The Balaban J connectivity index is 2.33. The first-order chi connectivity index (χ1) is 7.34. The van der Waals surface area contributed by atoms with Gasteiger partial charge in [-0.2, -0.15) is 0 Å². The molecule has 0 unspecified atom stereocenters. The fourth-order valence-corrected chi connectivity index (χ4v) is 1.34. The third-order valence-corrected chi connectivity index (χ3v) is 2.22. The molecule has 1 aromatic carbocycles. The number of hydrogen-bond donors (Lipinski definition) is 0. The van der Waals surface area contributed by atoms with Gasteiger partial charge in [0.05, 0.1) is 0 Å². The van der Waals surface area contributed by atoms with Gasteiger partial charge in [0.25, 0.3) is 0 Å². The van der Waals surface area contributed by atoms with Crippen LogP contribution in [-0.4, -0.2) is 11.4 Å². The highest BCUT2D eigenvalue weighted by Gasteiger charge is 1.99. The number of nitrogens with zero attached hydrogens (tertiary/aromatic N) is 2. The van der Waals surface area contributed by atoms with E-state index in [4.69, 9.17) is 0 Å². The maximum Gasteiger partial charge on any atom is 0.244 e. The number of azo groups is 1. The lowest BCUT2D eigenvalue weighted by molar-refractivity contribution is -0.442. The van der Waals surface area contributed by atoms with Gasteiger partial charge in [0.2, 0.25) is 5.69 Å². The highest BCUT2D eigenvalue weighted by molar-refractivity contribution is 5.27. The normalized spacial score (nSPS) is 11.7. The van der Waals surface area contributed by atoms with Crippen molar-refractivity contribution in [2.24, 2.45) is 5.11 Å². The molecule has 3 heteroatoms. The summed E-state index contributed by atoms with van der Waals surface area (Å²) in [5.41, 5.74) is 0.605. The van der Waals surface area contributed by atoms with E-state index < -0.39 is 0 Å². The molecular formula is C12H18N2O. The molecule has 0 aliphatic heterocycles. The van der Waals surface area contributed by atoms with E-state index in [9.17, 15) is 5.21 Å². The van der Waals surface area contributed by atoms with E-state index in [1.54, 1.807) is 12.1 Å². The quantitative estimate of drug-likeness (QED) is 0.301. The monoisotopic (exact) mass is 206 g/mol. The van der Waals surface area contributed by atoms with Crippen molar-refractivity contribution in [1.29, 1.82) is 0 Å². The summed E-state index contributed by atoms with van der Waals surface area (Å²) in [6, 6.07) is 9.10. The maximum absolute atomic E-state index is 11.4. The predicted octanol–water partition coefficient (Wildman–Crippen LogP) is 3.86. The van der Waals surface area contributed by atoms with Gasteiger partial charge in [-0.3, -0.25) is 0 Å². The molecular weight excluding hydrogens is 188 g/mol. The number of hydrogen-bond acceptors (Lipinski definition) is 2. The second-order valence-corrected chi connectivity index (χ2v) is 3.53. The van der Waals surface area contributed by atoms with Crippen LogP contribution >= 0.6 is 0 Å². The van der Waals surface area contributed by atoms with Crippen molar-refractivity contribution in [3.8, 4) is 0 Å². The van der Waals surface area contributed by atoms with Gasteiger partial charge < -0.3 is 5.21 Å². The summed E-state index contributed by atoms with van der Waals surface area (Å²) in [4.78, 5) is 0.714. The summed E-state index contributed by atoms with van der Waals surface area (Å²) >= 11 is 0. The van der Waals surface area contributed by atoms with Crippen molar-refractivity contribution < 1.29 is 4.86 Å². The third-order valence-electron chi connectivity index (χ3n) is 2.22. The lowest BCUT2D eigenvalue weighted by Gasteiger charge is -1.99. The van der Waals surface area contributed by atoms with Gasteiger partial charge in [-0.05, 0) is 11.5 Å². The standard InChI is InChI=1S/C12H18N2O/c1-2-3-4-8-11-13-14(15)12-9-6-5-7-10-12/h5-7,9-10H,2-4,8,11H2,1H3. The summed E-state index contributed by atoms with van der Waals surface area (Å²) in [5.74, 6) is 0. The molecule has 0 heterocycles. The molecule has 15 heavy (non-hydrogen) atoms. The lowest BCUT2D eigenvalue weighted by atomic mass is 10.2. The van der Waals surface area contributed by atoms with Gasteiger partial charge in [0, 0.05) is 12.1 Å². The molecule has 82 valence electrons. The minimum atomic E-state index is 0.605. The highest BCUT2D eigenvalue weighted by Crippen LogP contribution is 2.09. The van der Waals surface area contributed by atoms with Crippen LogP contribution in [0.4, 0.5) is 5.69 Å². The molecule has 0 aromatic heterocycles. The van der Waals surface area contributed by atoms with Crippen LogP contribution in [-0.2, 0) is 0 Å². The molecule has 0 saturated carbocycles. The van der Waals surface area contributed by atoms with E-state index in [1.807, 2.05) is 18.2 Å². The minimum absolute atomic E-state index is 0.605. The Hall–Kier alpha value is -1.38. The van der Waals surface area contributed by atoms with E-state index in [0.29, 0.717) is 17.1 Å². The zero-order valence-corrected chi connectivity index (χ0v) is 9.22. The van der Waals surface area contributed by atoms with Gasteiger partial charge in [-0.15, -0.1) is 0 Å². The van der Waals surface area contributed by atoms with Crippen molar-refractivity contribution in [1.82, 2.24) is 0 Å². The second kappa shape index (κ2) is 6.98. The van der Waals surface area contributed by atoms with Crippen molar-refractivity contribution in [2.75, 3.05) is 6.54 Å². The summed E-state index contributed by atoms with van der Waals surface area (Å²) in [6.45, 7) is 2.79. The van der Waals surface area contributed by atoms with Crippen LogP contribution < -0.4 is 0 Å². The molecule has 0 saturated heterocycles. The maximum atomic E-state index is 11.4. The molecule has 0 fully saturated rings. The molecule has 0 bridgehead atoms. The van der Waals surface area contributed by atoms with Crippen LogP contribution in [0, 0.1) is 5.21 Å². The third kappa shape index (κ3) is 4.58. The van der Waals surface area contributed by atoms with Crippen LogP contribution in [0.5, 0.6) is 0 Å². The molecule has 0 N–H and O–H groups in total. The first-order valence-corrected chi connectivity index (χ1v) is 5.54. The Bertz CT molecular complexity index is 296. The Morgan fingerprint density at radius 2 is 1.87 bits per heavy atom. The molecule has 0 radical (unpaired) electrons. The number of para-hydroxylation sites is 1. The van der Waals surface area contributed by atoms with Gasteiger partial charge >= 0.3 is 0 Å². The van der Waals surface area contributed by atoms with Gasteiger partial charge in [0.1, 0.15) is 6.54 Å². The Kier molecular flexibility index (Phi) is 5.44. The van der Waals surface area contributed by atoms with Gasteiger partial charge in [-0.25, -0.2) is 0 Å². The average Bonchev–Trinajstić information content (AvgIpc) is 2.30. The summed E-state index contributed by atoms with van der Waals surface area (Å²) in [5, 5.41) is 15.4. The van der Waals surface area contributed by atoms with E-state index >= 15 is 0 Å². The Morgan fingerprint density at radius 1 is 1.13 bits per heavy atom. The molecule has 0 aliphatic carbocycles. The Labute approximate surface area is 91.0 Å². The van der Waals surface area contributed by atoms with Crippen LogP contribution in [0.2, 0.25) is 0 Å². The Morgan fingerprint density at radius 3 is 2.53 bits per heavy atom. The van der Waals surface area contributed by atoms with E-state index in [1.165, 1.54) is 12.8 Å². The van der Waals surface area contributed by atoms with Crippen molar-refractivity contribution >= 4 is 5.69 Å². The second-order valence-electron chi connectivity index (χ2n) is 3.53. The van der Waals surface area contributed by atoms with Crippen LogP contribution in [0.3, 0.4) is 0 Å². The molecule has 0 atom stereocenters. The first kappa shape index (κ1) is 11.7. The molecule has 3 nitrogen and oxygen atoms in total. The summed E-state index contributed by atoms with van der Waals surface area (Å²) in [7, 11) is 0. The first-order valence-electron chi connectivity index (χ1n) is 5.54. The number of benzene rings is 1. The highest BCUT2D eigenvalue weighted by atomic mass is 16.5. The topological polar surface area (TPSA) is 38.4 Å². The molecule has 0 spiro atoms. The minimum Gasteiger partial charge on any atom is -0.594 e. The fraction of sp³-hybridized carbons (Fsp3) is 0.500. The van der Waals surface area contributed by atoms with Crippen LogP contribution in [0.25, 0.3) is 0 Å². The number of unbranched alkanes of at least 4 members (excludes halogenated alkanes) is 3.